The lowest BCUT2D eigenvalue weighted by atomic mass is 9.87. The van der Waals surface area contributed by atoms with Crippen molar-refractivity contribution < 1.29 is 19.6 Å². The Morgan fingerprint density at radius 1 is 1.35 bits per heavy atom. The summed E-state index contributed by atoms with van der Waals surface area (Å²) in [6, 6.07) is 7.44. The van der Waals surface area contributed by atoms with Crippen LogP contribution >= 0.6 is 0 Å². The molecule has 1 aromatic carbocycles. The van der Waals surface area contributed by atoms with Gasteiger partial charge in [-0.05, 0) is 23.1 Å². The molecule has 0 saturated heterocycles. The van der Waals surface area contributed by atoms with Gasteiger partial charge in [0.1, 0.15) is 11.9 Å². The third-order valence-corrected chi connectivity index (χ3v) is 3.23. The van der Waals surface area contributed by atoms with Crippen molar-refractivity contribution in [3.63, 3.8) is 0 Å². The summed E-state index contributed by atoms with van der Waals surface area (Å²) in [5.74, 6) is -0.891. The molecule has 0 spiro atoms. The molecule has 8 heteroatoms. The minimum absolute atomic E-state index is 0.0253. The summed E-state index contributed by atoms with van der Waals surface area (Å²) in [6.45, 7) is 6.17. The van der Waals surface area contributed by atoms with E-state index in [2.05, 4.69) is 25.9 Å². The number of nitrogens with zero attached hydrogens (tertiary/aromatic N) is 3. The Balaban J connectivity index is 2.11. The first-order chi connectivity index (χ1) is 10.7. The highest BCUT2D eigenvalue weighted by molar-refractivity contribution is 5.89. The highest BCUT2D eigenvalue weighted by atomic mass is 16.6. The van der Waals surface area contributed by atoms with E-state index in [0.29, 0.717) is 5.75 Å². The van der Waals surface area contributed by atoms with E-state index in [1.165, 1.54) is 0 Å². The topological polar surface area (TPSA) is 107 Å². The van der Waals surface area contributed by atoms with Gasteiger partial charge >= 0.3 is 11.7 Å². The van der Waals surface area contributed by atoms with Crippen LogP contribution in [0.15, 0.2) is 30.5 Å². The molecule has 0 bridgehead atoms. The van der Waals surface area contributed by atoms with E-state index in [4.69, 9.17) is 9.84 Å². The van der Waals surface area contributed by atoms with Crippen molar-refractivity contribution in [3.8, 4) is 5.75 Å². The van der Waals surface area contributed by atoms with Crippen molar-refractivity contribution in [2.45, 2.75) is 32.9 Å². The summed E-state index contributed by atoms with van der Waals surface area (Å²) in [7, 11) is 0. The number of carboxylic acid groups (broad SMARTS) is 1. The van der Waals surface area contributed by atoms with Gasteiger partial charge in [0.2, 0.25) is 5.69 Å². The Labute approximate surface area is 132 Å². The normalized spacial score (nSPS) is 11.3. The molecule has 1 heterocycles. The molecule has 0 unspecified atom stereocenters. The first-order valence-electron chi connectivity index (χ1n) is 6.87. The molecule has 0 amide bonds. The fourth-order valence-electron chi connectivity index (χ4n) is 1.95. The Kier molecular flexibility index (Phi) is 4.35. The minimum atomic E-state index is -1.45. The van der Waals surface area contributed by atoms with E-state index in [1.54, 1.807) is 12.1 Å². The molecule has 0 aliphatic rings. The molecule has 0 fully saturated rings. The Morgan fingerprint density at radius 2 is 1.96 bits per heavy atom. The number of hydrogen-bond acceptors (Lipinski definition) is 5. The monoisotopic (exact) mass is 319 g/mol. The number of nitro groups is 1. The van der Waals surface area contributed by atoms with Crippen LogP contribution in [0.5, 0.6) is 5.75 Å². The van der Waals surface area contributed by atoms with E-state index in [-0.39, 0.29) is 12.1 Å². The van der Waals surface area contributed by atoms with Gasteiger partial charge in [-0.1, -0.05) is 32.9 Å². The summed E-state index contributed by atoms with van der Waals surface area (Å²) in [5.41, 5.74) is -0.00376. The second kappa shape index (κ2) is 6.07. The highest BCUT2D eigenvalue weighted by Gasteiger charge is 2.25. The van der Waals surface area contributed by atoms with Crippen molar-refractivity contribution in [1.29, 1.82) is 0 Å². The van der Waals surface area contributed by atoms with Gasteiger partial charge in [-0.15, -0.1) is 0 Å². The lowest BCUT2D eigenvalue weighted by Gasteiger charge is -2.19. The first kappa shape index (κ1) is 16.5. The van der Waals surface area contributed by atoms with Crippen molar-refractivity contribution >= 4 is 11.7 Å². The molecule has 0 aliphatic heterocycles. The maximum atomic E-state index is 10.9. The predicted octanol–water partition coefficient (Wildman–Crippen LogP) is 2.82. The molecule has 8 nitrogen and oxygen atoms in total. The summed E-state index contributed by atoms with van der Waals surface area (Å²) >= 11 is 0. The smallest absolute Gasteiger partial charge is 0.363 e. The van der Waals surface area contributed by atoms with Gasteiger partial charge < -0.3 is 9.84 Å². The molecule has 1 N–H and O–H groups in total. The van der Waals surface area contributed by atoms with Gasteiger partial charge in [0.15, 0.2) is 6.73 Å². The van der Waals surface area contributed by atoms with Gasteiger partial charge in [-0.2, -0.15) is 5.10 Å². The standard InChI is InChI=1S/C15H17N3O5/c1-15(2,3)10-4-6-11(7-5-10)23-9-17-8-12(18(21)22)13(16-17)14(19)20/h4-8H,9H2,1-3H3,(H,19,20). The fraction of sp³-hybridized carbons (Fsp3) is 0.333. The average molecular weight is 319 g/mol. The zero-order valence-electron chi connectivity index (χ0n) is 13.0. The van der Waals surface area contributed by atoms with E-state index < -0.39 is 22.3 Å². The van der Waals surface area contributed by atoms with E-state index >= 15 is 0 Å². The number of aromatic nitrogens is 2. The molecule has 23 heavy (non-hydrogen) atoms. The molecule has 122 valence electrons. The van der Waals surface area contributed by atoms with Crippen molar-refractivity contribution in [2.75, 3.05) is 0 Å². The zero-order valence-corrected chi connectivity index (χ0v) is 13.0. The van der Waals surface area contributed by atoms with Crippen molar-refractivity contribution in [1.82, 2.24) is 9.78 Å². The average Bonchev–Trinajstić information content (AvgIpc) is 2.89. The molecule has 0 atom stereocenters. The van der Waals surface area contributed by atoms with Gasteiger partial charge in [-0.3, -0.25) is 10.1 Å². The molecule has 2 rings (SSSR count). The molecule has 1 aromatic heterocycles. The van der Waals surface area contributed by atoms with Crippen LogP contribution in [0.4, 0.5) is 5.69 Å². The predicted molar refractivity (Wildman–Crippen MR) is 81.6 cm³/mol. The van der Waals surface area contributed by atoms with Crippen molar-refractivity contribution in [2.24, 2.45) is 0 Å². The number of carbonyl (C=O) groups is 1. The number of rotatable bonds is 5. The molecule has 2 aromatic rings. The summed E-state index contributed by atoms with van der Waals surface area (Å²) in [4.78, 5) is 20.9. The van der Waals surface area contributed by atoms with Crippen LogP contribution < -0.4 is 4.74 Å². The first-order valence-corrected chi connectivity index (χ1v) is 6.87. The third-order valence-electron chi connectivity index (χ3n) is 3.23. The summed E-state index contributed by atoms with van der Waals surface area (Å²) < 4.78 is 6.56. The van der Waals surface area contributed by atoms with E-state index in [1.807, 2.05) is 12.1 Å². The maximum absolute atomic E-state index is 10.9. The third kappa shape index (κ3) is 3.85. The number of aromatic carboxylic acids is 1. The van der Waals surface area contributed by atoms with Crippen LogP contribution in [0.3, 0.4) is 0 Å². The Bertz CT molecular complexity index is 697. The lowest BCUT2D eigenvalue weighted by molar-refractivity contribution is -0.385. The Morgan fingerprint density at radius 3 is 2.39 bits per heavy atom. The van der Waals surface area contributed by atoms with Crippen LogP contribution in [-0.2, 0) is 12.1 Å². The summed E-state index contributed by atoms with van der Waals surface area (Å²) in [5, 5.41) is 23.3. The highest BCUT2D eigenvalue weighted by Crippen LogP contribution is 2.24. The maximum Gasteiger partial charge on any atom is 0.363 e. The Hall–Kier alpha value is -2.90. The molecule has 0 saturated carbocycles. The molecular weight excluding hydrogens is 302 g/mol. The number of benzene rings is 1. The largest absolute Gasteiger partial charge is 0.476 e. The second-order valence-corrected chi connectivity index (χ2v) is 6.01. The van der Waals surface area contributed by atoms with Crippen LogP contribution in [0.1, 0.15) is 36.8 Å². The van der Waals surface area contributed by atoms with Gasteiger partial charge in [-0.25, -0.2) is 9.48 Å². The number of ether oxygens (including phenoxy) is 1. The van der Waals surface area contributed by atoms with Crippen LogP contribution in [0.25, 0.3) is 0 Å². The quantitative estimate of drug-likeness (QED) is 0.670. The second-order valence-electron chi connectivity index (χ2n) is 6.01. The van der Waals surface area contributed by atoms with E-state index in [0.717, 1.165) is 16.4 Å². The van der Waals surface area contributed by atoms with Crippen LogP contribution in [-0.4, -0.2) is 25.8 Å². The molecular formula is C15H17N3O5. The SMILES string of the molecule is CC(C)(C)c1ccc(OCn2cc([N+](=O)[O-])c(C(=O)O)n2)cc1. The lowest BCUT2D eigenvalue weighted by Crippen LogP contribution is -2.11. The van der Waals surface area contributed by atoms with Gasteiger partial charge in [0.05, 0.1) is 4.92 Å². The molecule has 0 aliphatic carbocycles. The van der Waals surface area contributed by atoms with E-state index in [9.17, 15) is 14.9 Å². The number of carboxylic acids is 1. The van der Waals surface area contributed by atoms with Crippen LogP contribution in [0, 0.1) is 10.1 Å². The number of hydrogen-bond donors (Lipinski definition) is 1. The van der Waals surface area contributed by atoms with Crippen molar-refractivity contribution in [3.05, 3.63) is 51.8 Å². The fourth-order valence-corrected chi connectivity index (χ4v) is 1.95. The van der Waals surface area contributed by atoms with Gasteiger partial charge in [0.25, 0.3) is 0 Å². The zero-order chi connectivity index (χ0) is 17.2. The summed E-state index contributed by atoms with van der Waals surface area (Å²) in [6.07, 6.45) is 1.03. The minimum Gasteiger partial charge on any atom is -0.476 e. The van der Waals surface area contributed by atoms with Gasteiger partial charge in [0, 0.05) is 0 Å². The van der Waals surface area contributed by atoms with Crippen LogP contribution in [0.2, 0.25) is 0 Å². The molecule has 0 radical (unpaired) electrons.